The van der Waals surface area contributed by atoms with Gasteiger partial charge in [0.1, 0.15) is 5.75 Å². The van der Waals surface area contributed by atoms with Gasteiger partial charge in [-0.05, 0) is 47.7 Å². The van der Waals surface area contributed by atoms with E-state index in [1.54, 1.807) is 16.2 Å². The molecule has 122 valence electrons. The highest BCUT2D eigenvalue weighted by molar-refractivity contribution is 7.10. The minimum Gasteiger partial charge on any atom is -0.484 e. The van der Waals surface area contributed by atoms with Crippen molar-refractivity contribution in [1.29, 1.82) is 0 Å². The molecule has 1 aliphatic rings. The zero-order valence-corrected chi connectivity index (χ0v) is 12.9. The molecule has 1 aliphatic heterocycles. The molecule has 23 heavy (non-hydrogen) atoms. The third-order valence-corrected chi connectivity index (χ3v) is 4.73. The highest BCUT2D eigenvalue weighted by atomic mass is 32.1. The van der Waals surface area contributed by atoms with E-state index in [9.17, 15) is 18.0 Å². The van der Waals surface area contributed by atoms with Crippen LogP contribution in [0.1, 0.15) is 16.0 Å². The van der Waals surface area contributed by atoms with Gasteiger partial charge in [-0.15, -0.1) is 11.3 Å². The second-order valence-electron chi connectivity index (χ2n) is 5.25. The summed E-state index contributed by atoms with van der Waals surface area (Å²) in [6.07, 6.45) is -3.54. The molecular formula is C16H14F3NO2S. The Labute approximate surface area is 135 Å². The number of rotatable bonds is 3. The number of halogens is 3. The second kappa shape index (κ2) is 6.23. The van der Waals surface area contributed by atoms with Gasteiger partial charge in [-0.2, -0.15) is 13.2 Å². The number of hydrogen-bond acceptors (Lipinski definition) is 3. The highest BCUT2D eigenvalue weighted by Gasteiger charge is 2.30. The molecule has 0 unspecified atom stereocenters. The summed E-state index contributed by atoms with van der Waals surface area (Å²) in [5, 5.41) is 2.01. The standard InChI is InChI=1S/C16H14F3NO2S/c17-16(18,19)12-1-3-13(4-2-12)22-10-15(21)20-7-5-14-11(9-20)6-8-23-14/h1-4,6,8H,5,7,9-10H2. The number of carbonyl (C=O) groups excluding carboxylic acids is 1. The number of fused-ring (bicyclic) bond motifs is 1. The first-order valence-corrected chi connectivity index (χ1v) is 7.94. The van der Waals surface area contributed by atoms with E-state index < -0.39 is 11.7 Å². The van der Waals surface area contributed by atoms with Crippen LogP contribution < -0.4 is 4.74 Å². The highest BCUT2D eigenvalue weighted by Crippen LogP contribution is 2.30. The molecule has 0 spiro atoms. The molecule has 0 saturated carbocycles. The molecular weight excluding hydrogens is 327 g/mol. The first-order valence-electron chi connectivity index (χ1n) is 7.06. The minimum atomic E-state index is -4.37. The van der Waals surface area contributed by atoms with E-state index in [0.717, 1.165) is 24.1 Å². The monoisotopic (exact) mass is 341 g/mol. The van der Waals surface area contributed by atoms with E-state index in [0.29, 0.717) is 13.1 Å². The SMILES string of the molecule is O=C(COc1ccc(C(F)(F)F)cc1)N1CCc2sccc2C1. The molecule has 0 bridgehead atoms. The normalized spacial score (nSPS) is 14.5. The molecule has 1 aromatic carbocycles. The van der Waals surface area contributed by atoms with Crippen LogP contribution in [0.5, 0.6) is 5.75 Å². The summed E-state index contributed by atoms with van der Waals surface area (Å²) in [6.45, 7) is 1.03. The topological polar surface area (TPSA) is 29.5 Å². The molecule has 1 amide bonds. The molecule has 0 atom stereocenters. The van der Waals surface area contributed by atoms with Crippen LogP contribution in [0.3, 0.4) is 0 Å². The Hall–Kier alpha value is -2.02. The number of thiophene rings is 1. The van der Waals surface area contributed by atoms with Crippen molar-refractivity contribution in [2.75, 3.05) is 13.2 Å². The lowest BCUT2D eigenvalue weighted by molar-refractivity contribution is -0.138. The lowest BCUT2D eigenvalue weighted by Gasteiger charge is -2.27. The van der Waals surface area contributed by atoms with Crippen LogP contribution in [0.4, 0.5) is 13.2 Å². The molecule has 0 aliphatic carbocycles. The zero-order chi connectivity index (χ0) is 16.4. The van der Waals surface area contributed by atoms with Gasteiger partial charge in [0.15, 0.2) is 6.61 Å². The van der Waals surface area contributed by atoms with Crippen molar-refractivity contribution in [1.82, 2.24) is 4.90 Å². The Balaban J connectivity index is 1.55. The average molecular weight is 341 g/mol. The van der Waals surface area contributed by atoms with Gasteiger partial charge in [0.05, 0.1) is 5.56 Å². The number of hydrogen-bond donors (Lipinski definition) is 0. The third kappa shape index (κ3) is 3.67. The lowest BCUT2D eigenvalue weighted by Crippen LogP contribution is -2.38. The fourth-order valence-electron chi connectivity index (χ4n) is 2.44. The van der Waals surface area contributed by atoms with Crippen LogP contribution in [0, 0.1) is 0 Å². The van der Waals surface area contributed by atoms with Gasteiger partial charge < -0.3 is 9.64 Å². The van der Waals surface area contributed by atoms with Crippen LogP contribution in [0.2, 0.25) is 0 Å². The number of ether oxygens (including phenoxy) is 1. The Morgan fingerprint density at radius 2 is 1.96 bits per heavy atom. The van der Waals surface area contributed by atoms with Crippen molar-refractivity contribution in [3.63, 3.8) is 0 Å². The number of alkyl halides is 3. The predicted octanol–water partition coefficient (Wildman–Crippen LogP) is 3.73. The van der Waals surface area contributed by atoms with E-state index in [1.807, 2.05) is 11.4 Å². The average Bonchev–Trinajstić information content (AvgIpc) is 2.99. The van der Waals surface area contributed by atoms with E-state index in [1.165, 1.54) is 17.0 Å². The van der Waals surface area contributed by atoms with Crippen LogP contribution >= 0.6 is 11.3 Å². The smallest absolute Gasteiger partial charge is 0.416 e. The minimum absolute atomic E-state index is 0.165. The summed E-state index contributed by atoms with van der Waals surface area (Å²) >= 11 is 1.69. The molecule has 3 nitrogen and oxygen atoms in total. The molecule has 2 heterocycles. The fourth-order valence-corrected chi connectivity index (χ4v) is 3.33. The Morgan fingerprint density at radius 3 is 2.65 bits per heavy atom. The number of benzene rings is 1. The van der Waals surface area contributed by atoms with E-state index in [-0.39, 0.29) is 18.3 Å². The second-order valence-corrected chi connectivity index (χ2v) is 6.25. The first kappa shape index (κ1) is 15.9. The molecule has 7 heteroatoms. The van der Waals surface area contributed by atoms with E-state index >= 15 is 0 Å². The van der Waals surface area contributed by atoms with Crippen molar-refractivity contribution < 1.29 is 22.7 Å². The summed E-state index contributed by atoms with van der Waals surface area (Å²) in [5.41, 5.74) is 0.418. The van der Waals surface area contributed by atoms with Crippen molar-refractivity contribution in [3.8, 4) is 5.75 Å². The maximum absolute atomic E-state index is 12.5. The molecule has 0 saturated heterocycles. The summed E-state index contributed by atoms with van der Waals surface area (Å²) in [5.74, 6) is 0.0846. The first-order chi connectivity index (χ1) is 10.9. The van der Waals surface area contributed by atoms with E-state index in [2.05, 4.69) is 0 Å². The zero-order valence-electron chi connectivity index (χ0n) is 12.1. The predicted molar refractivity (Wildman–Crippen MR) is 80.4 cm³/mol. The van der Waals surface area contributed by atoms with Crippen LogP contribution in [0.25, 0.3) is 0 Å². The van der Waals surface area contributed by atoms with Crippen molar-refractivity contribution >= 4 is 17.2 Å². The molecule has 2 aromatic rings. The van der Waals surface area contributed by atoms with Gasteiger partial charge in [0.25, 0.3) is 5.91 Å². The molecule has 3 rings (SSSR count). The van der Waals surface area contributed by atoms with Gasteiger partial charge >= 0.3 is 6.18 Å². The Bertz CT molecular complexity index is 694. The van der Waals surface area contributed by atoms with Gasteiger partial charge in [-0.1, -0.05) is 0 Å². The Morgan fingerprint density at radius 1 is 1.22 bits per heavy atom. The molecule has 1 aromatic heterocycles. The molecule has 0 fully saturated rings. The van der Waals surface area contributed by atoms with Gasteiger partial charge in [0.2, 0.25) is 0 Å². The van der Waals surface area contributed by atoms with Crippen molar-refractivity contribution in [2.24, 2.45) is 0 Å². The molecule has 0 radical (unpaired) electrons. The van der Waals surface area contributed by atoms with Crippen LogP contribution in [-0.2, 0) is 23.9 Å². The van der Waals surface area contributed by atoms with E-state index in [4.69, 9.17) is 4.74 Å². The fraction of sp³-hybridized carbons (Fsp3) is 0.312. The molecule has 0 N–H and O–H groups in total. The lowest BCUT2D eigenvalue weighted by atomic mass is 10.1. The quantitative estimate of drug-likeness (QED) is 0.851. The Kier molecular flexibility index (Phi) is 4.30. The van der Waals surface area contributed by atoms with Crippen LogP contribution in [-0.4, -0.2) is 24.0 Å². The van der Waals surface area contributed by atoms with Crippen LogP contribution in [0.15, 0.2) is 35.7 Å². The summed E-state index contributed by atoms with van der Waals surface area (Å²) < 4.78 is 42.7. The third-order valence-electron chi connectivity index (χ3n) is 3.70. The number of nitrogens with zero attached hydrogens (tertiary/aromatic N) is 1. The van der Waals surface area contributed by atoms with Gasteiger partial charge in [-0.3, -0.25) is 4.79 Å². The van der Waals surface area contributed by atoms with Gasteiger partial charge in [-0.25, -0.2) is 0 Å². The van der Waals surface area contributed by atoms with Crippen molar-refractivity contribution in [2.45, 2.75) is 19.1 Å². The largest absolute Gasteiger partial charge is 0.484 e. The maximum Gasteiger partial charge on any atom is 0.416 e. The maximum atomic E-state index is 12.5. The van der Waals surface area contributed by atoms with Gasteiger partial charge in [0, 0.05) is 18.0 Å². The summed E-state index contributed by atoms with van der Waals surface area (Å²) in [7, 11) is 0. The summed E-state index contributed by atoms with van der Waals surface area (Å²) in [4.78, 5) is 15.2. The summed E-state index contributed by atoms with van der Waals surface area (Å²) in [6, 6.07) is 6.35. The van der Waals surface area contributed by atoms with Crippen molar-refractivity contribution in [3.05, 3.63) is 51.7 Å². The number of carbonyl (C=O) groups is 1. The number of amides is 1.